The number of aliphatic hydroxyl groups excluding tert-OH is 1. The number of hydrogen-bond acceptors (Lipinski definition) is 4. The zero-order valence-electron chi connectivity index (χ0n) is 6.90. The van der Waals surface area contributed by atoms with Gasteiger partial charge < -0.3 is 15.3 Å². The van der Waals surface area contributed by atoms with Gasteiger partial charge in [0, 0.05) is 5.39 Å². The lowest BCUT2D eigenvalue weighted by molar-refractivity contribution is 0.161. The minimum absolute atomic E-state index is 0.223. The molecule has 1 atom stereocenters. The summed E-state index contributed by atoms with van der Waals surface area (Å²) >= 11 is 0. The fourth-order valence-corrected chi connectivity index (χ4v) is 1.30. The number of anilines is 1. The van der Waals surface area contributed by atoms with Crippen LogP contribution in [0.15, 0.2) is 28.7 Å². The number of nitrogens with two attached hydrogens (primary N) is 2. The number of furan rings is 1. The van der Waals surface area contributed by atoms with Crippen LogP contribution in [-0.4, -0.2) is 5.11 Å². The Hall–Kier alpha value is -1.52. The van der Waals surface area contributed by atoms with Crippen molar-refractivity contribution < 1.29 is 9.52 Å². The number of aliphatic hydroxyl groups is 1. The molecule has 0 saturated heterocycles. The molecule has 1 unspecified atom stereocenters. The third kappa shape index (κ3) is 1.16. The predicted octanol–water partition coefficient (Wildman–Crippen LogP) is 0.965. The lowest BCUT2D eigenvalue weighted by atomic mass is 10.2. The number of para-hydroxylation sites is 1. The third-order valence-corrected chi connectivity index (χ3v) is 1.93. The van der Waals surface area contributed by atoms with E-state index in [0.717, 1.165) is 5.39 Å². The molecule has 2 aromatic rings. The molecular weight excluding hydrogens is 168 g/mol. The molecule has 0 fully saturated rings. The predicted molar refractivity (Wildman–Crippen MR) is 49.8 cm³/mol. The van der Waals surface area contributed by atoms with E-state index in [-0.39, 0.29) is 5.76 Å². The third-order valence-electron chi connectivity index (χ3n) is 1.93. The van der Waals surface area contributed by atoms with E-state index >= 15 is 0 Å². The molecule has 0 amide bonds. The van der Waals surface area contributed by atoms with Gasteiger partial charge in [0.1, 0.15) is 5.58 Å². The molecule has 68 valence electrons. The first kappa shape index (κ1) is 8.10. The van der Waals surface area contributed by atoms with Crippen molar-refractivity contribution in [3.63, 3.8) is 0 Å². The second kappa shape index (κ2) is 2.76. The minimum atomic E-state index is -1.16. The number of rotatable bonds is 1. The molecule has 0 aliphatic rings. The van der Waals surface area contributed by atoms with Crippen LogP contribution in [-0.2, 0) is 0 Å². The molecule has 2 rings (SSSR count). The molecule has 4 heteroatoms. The minimum Gasteiger partial charge on any atom is -0.455 e. The maximum Gasteiger partial charge on any atom is 0.171 e. The standard InChI is InChI=1S/C9H10N2O2/c10-7-5-3-1-2-4-6(5)13-8(7)9(11)12/h1-4,9,12H,10-11H2. The largest absolute Gasteiger partial charge is 0.455 e. The second-order valence-corrected chi connectivity index (χ2v) is 2.82. The normalized spacial score (nSPS) is 13.4. The van der Waals surface area contributed by atoms with Crippen LogP contribution in [0.4, 0.5) is 5.69 Å². The topological polar surface area (TPSA) is 85.4 Å². The molecule has 1 aromatic heterocycles. The summed E-state index contributed by atoms with van der Waals surface area (Å²) in [6, 6.07) is 7.27. The van der Waals surface area contributed by atoms with Gasteiger partial charge >= 0.3 is 0 Å². The van der Waals surface area contributed by atoms with E-state index in [1.165, 1.54) is 0 Å². The Balaban J connectivity index is 2.74. The van der Waals surface area contributed by atoms with E-state index in [9.17, 15) is 0 Å². The molecule has 13 heavy (non-hydrogen) atoms. The molecule has 5 N–H and O–H groups in total. The van der Waals surface area contributed by atoms with Gasteiger partial charge in [0.05, 0.1) is 5.69 Å². The van der Waals surface area contributed by atoms with Gasteiger partial charge in [-0.3, -0.25) is 5.73 Å². The molecule has 0 aliphatic heterocycles. The van der Waals surface area contributed by atoms with E-state index in [0.29, 0.717) is 11.3 Å². The van der Waals surface area contributed by atoms with Crippen molar-refractivity contribution in [2.24, 2.45) is 5.73 Å². The van der Waals surface area contributed by atoms with Gasteiger partial charge in [0.25, 0.3) is 0 Å². The molecule has 1 heterocycles. The SMILES string of the molecule is Nc1c(C(N)O)oc2ccccc12. The molecular formula is C9H10N2O2. The summed E-state index contributed by atoms with van der Waals surface area (Å²) in [4.78, 5) is 0. The summed E-state index contributed by atoms with van der Waals surface area (Å²) in [6.45, 7) is 0. The van der Waals surface area contributed by atoms with Crippen LogP contribution < -0.4 is 11.5 Å². The first-order valence-corrected chi connectivity index (χ1v) is 3.90. The fourth-order valence-electron chi connectivity index (χ4n) is 1.30. The lowest BCUT2D eigenvalue weighted by Crippen LogP contribution is -2.09. The van der Waals surface area contributed by atoms with Gasteiger partial charge in [-0.1, -0.05) is 12.1 Å². The monoisotopic (exact) mass is 178 g/mol. The maximum absolute atomic E-state index is 9.11. The molecule has 4 nitrogen and oxygen atoms in total. The summed E-state index contributed by atoms with van der Waals surface area (Å²) in [6.07, 6.45) is -1.16. The number of benzene rings is 1. The summed E-state index contributed by atoms with van der Waals surface area (Å²) in [5.74, 6) is 0.223. The average molecular weight is 178 g/mol. The average Bonchev–Trinajstić information content (AvgIpc) is 2.45. The molecule has 0 saturated carbocycles. The van der Waals surface area contributed by atoms with Gasteiger partial charge in [-0.2, -0.15) is 0 Å². The van der Waals surface area contributed by atoms with Crippen molar-refractivity contribution in [1.29, 1.82) is 0 Å². The Labute approximate surface area is 74.7 Å². The van der Waals surface area contributed by atoms with Crippen LogP contribution in [0.3, 0.4) is 0 Å². The van der Waals surface area contributed by atoms with Crippen LogP contribution >= 0.6 is 0 Å². The van der Waals surface area contributed by atoms with E-state index in [2.05, 4.69) is 0 Å². The Morgan fingerprint density at radius 3 is 2.62 bits per heavy atom. The van der Waals surface area contributed by atoms with Gasteiger partial charge in [-0.25, -0.2) is 0 Å². The van der Waals surface area contributed by atoms with Gasteiger partial charge in [-0.15, -0.1) is 0 Å². The highest BCUT2D eigenvalue weighted by atomic mass is 16.4. The van der Waals surface area contributed by atoms with Crippen molar-refractivity contribution in [2.45, 2.75) is 6.23 Å². The molecule has 0 radical (unpaired) electrons. The van der Waals surface area contributed by atoms with Crippen LogP contribution in [0.1, 0.15) is 12.0 Å². The quantitative estimate of drug-likeness (QED) is 0.568. The summed E-state index contributed by atoms with van der Waals surface area (Å²) in [5, 5.41) is 9.89. The number of hydrogen-bond donors (Lipinski definition) is 3. The number of nitrogen functional groups attached to an aromatic ring is 1. The van der Waals surface area contributed by atoms with Crippen LogP contribution in [0.5, 0.6) is 0 Å². The second-order valence-electron chi connectivity index (χ2n) is 2.82. The van der Waals surface area contributed by atoms with E-state index in [1.54, 1.807) is 6.07 Å². The van der Waals surface area contributed by atoms with Crippen molar-refractivity contribution >= 4 is 16.7 Å². The summed E-state index contributed by atoms with van der Waals surface area (Å²) in [7, 11) is 0. The highest BCUT2D eigenvalue weighted by Gasteiger charge is 2.14. The first-order chi connectivity index (χ1) is 6.20. The lowest BCUT2D eigenvalue weighted by Gasteiger charge is -1.99. The van der Waals surface area contributed by atoms with Gasteiger partial charge in [0.2, 0.25) is 0 Å². The molecule has 0 aliphatic carbocycles. The Morgan fingerprint density at radius 1 is 1.31 bits per heavy atom. The van der Waals surface area contributed by atoms with Gasteiger partial charge in [0.15, 0.2) is 12.0 Å². The molecule has 0 spiro atoms. The zero-order valence-corrected chi connectivity index (χ0v) is 6.90. The van der Waals surface area contributed by atoms with E-state index in [1.807, 2.05) is 18.2 Å². The smallest absolute Gasteiger partial charge is 0.171 e. The van der Waals surface area contributed by atoms with Crippen LogP contribution in [0.2, 0.25) is 0 Å². The Morgan fingerprint density at radius 2 is 2.00 bits per heavy atom. The first-order valence-electron chi connectivity index (χ1n) is 3.90. The van der Waals surface area contributed by atoms with Crippen molar-refractivity contribution in [3.8, 4) is 0 Å². The highest BCUT2D eigenvalue weighted by molar-refractivity contribution is 5.91. The Bertz CT molecular complexity index is 434. The van der Waals surface area contributed by atoms with Crippen molar-refractivity contribution in [3.05, 3.63) is 30.0 Å². The van der Waals surface area contributed by atoms with E-state index in [4.69, 9.17) is 21.0 Å². The summed E-state index contributed by atoms with van der Waals surface area (Å²) in [5.41, 5.74) is 12.0. The van der Waals surface area contributed by atoms with Crippen LogP contribution in [0, 0.1) is 0 Å². The van der Waals surface area contributed by atoms with Crippen molar-refractivity contribution in [2.75, 3.05) is 5.73 Å². The van der Waals surface area contributed by atoms with Crippen molar-refractivity contribution in [1.82, 2.24) is 0 Å². The Kier molecular flexibility index (Phi) is 1.72. The van der Waals surface area contributed by atoms with E-state index < -0.39 is 6.23 Å². The molecule has 1 aromatic carbocycles. The number of fused-ring (bicyclic) bond motifs is 1. The van der Waals surface area contributed by atoms with Gasteiger partial charge in [-0.05, 0) is 12.1 Å². The maximum atomic E-state index is 9.11. The zero-order chi connectivity index (χ0) is 9.42. The molecule has 0 bridgehead atoms. The highest BCUT2D eigenvalue weighted by Crippen LogP contribution is 2.30. The fraction of sp³-hybridized carbons (Fsp3) is 0.111. The van der Waals surface area contributed by atoms with Crippen LogP contribution in [0.25, 0.3) is 11.0 Å². The summed E-state index contributed by atoms with van der Waals surface area (Å²) < 4.78 is 5.26.